The predicted octanol–water partition coefficient (Wildman–Crippen LogP) is 0.982. The lowest BCUT2D eigenvalue weighted by molar-refractivity contribution is -0.141. The van der Waals surface area contributed by atoms with E-state index < -0.39 is 11.9 Å². The van der Waals surface area contributed by atoms with Gasteiger partial charge in [0.25, 0.3) is 0 Å². The number of amides is 2. The Hall–Kier alpha value is -2.08. The Morgan fingerprint density at radius 2 is 2.24 bits per heavy atom. The maximum absolute atomic E-state index is 12.0. The minimum Gasteiger partial charge on any atom is -0.468 e. The molecule has 6 nitrogen and oxygen atoms in total. The second kappa shape index (κ2) is 6.58. The molecule has 0 spiro atoms. The van der Waals surface area contributed by atoms with E-state index in [9.17, 15) is 14.4 Å². The highest BCUT2D eigenvalue weighted by Crippen LogP contribution is 2.27. The molecule has 1 aromatic rings. The monoisotopic (exact) mass is 310 g/mol. The number of anilines is 1. The summed E-state index contributed by atoms with van der Waals surface area (Å²) in [5.41, 5.74) is 0.663. The van der Waals surface area contributed by atoms with Crippen molar-refractivity contribution in [1.29, 1.82) is 0 Å². The van der Waals surface area contributed by atoms with Gasteiger partial charge < -0.3 is 15.0 Å². The van der Waals surface area contributed by atoms with Gasteiger partial charge in [-0.2, -0.15) is 0 Å². The molecule has 21 heavy (non-hydrogen) atoms. The molecular weight excluding hydrogens is 296 g/mol. The third-order valence-electron chi connectivity index (χ3n) is 3.25. The lowest BCUT2D eigenvalue weighted by Gasteiger charge is -2.16. The number of methoxy groups -OCH3 is 1. The van der Waals surface area contributed by atoms with Crippen molar-refractivity contribution in [3.05, 3.63) is 29.3 Å². The molecule has 0 aromatic heterocycles. The van der Waals surface area contributed by atoms with E-state index in [-0.39, 0.29) is 31.3 Å². The zero-order valence-electron chi connectivity index (χ0n) is 11.5. The zero-order valence-corrected chi connectivity index (χ0v) is 12.2. The second-order valence-corrected chi connectivity index (χ2v) is 5.12. The van der Waals surface area contributed by atoms with Crippen molar-refractivity contribution in [1.82, 2.24) is 5.32 Å². The minimum atomic E-state index is -0.528. The summed E-state index contributed by atoms with van der Waals surface area (Å²) >= 11 is 5.90. The lowest BCUT2D eigenvalue weighted by atomic mass is 10.1. The van der Waals surface area contributed by atoms with Crippen LogP contribution in [0.2, 0.25) is 5.02 Å². The molecule has 7 heteroatoms. The van der Waals surface area contributed by atoms with Crippen molar-refractivity contribution in [2.75, 3.05) is 25.1 Å². The average Bonchev–Trinajstić information content (AvgIpc) is 2.86. The van der Waals surface area contributed by atoms with Gasteiger partial charge in [0.1, 0.15) is 6.54 Å². The number of hydrogen-bond acceptors (Lipinski definition) is 4. The highest BCUT2D eigenvalue weighted by Gasteiger charge is 2.35. The molecule has 1 atom stereocenters. The molecular formula is C14H15ClN2O4. The van der Waals surface area contributed by atoms with E-state index in [1.54, 1.807) is 24.3 Å². The summed E-state index contributed by atoms with van der Waals surface area (Å²) in [6, 6.07) is 6.90. The van der Waals surface area contributed by atoms with E-state index >= 15 is 0 Å². The van der Waals surface area contributed by atoms with Crippen LogP contribution < -0.4 is 10.2 Å². The fraction of sp³-hybridized carbons (Fsp3) is 0.357. The van der Waals surface area contributed by atoms with Gasteiger partial charge >= 0.3 is 5.97 Å². The fourth-order valence-electron chi connectivity index (χ4n) is 2.15. The number of nitrogens with one attached hydrogen (secondary N) is 1. The molecule has 0 saturated carbocycles. The molecule has 1 aliphatic heterocycles. The summed E-state index contributed by atoms with van der Waals surface area (Å²) in [4.78, 5) is 36.4. The summed E-state index contributed by atoms with van der Waals surface area (Å²) in [6.45, 7) is 0.0728. The molecule has 2 rings (SSSR count). The number of halogens is 1. The molecule has 1 fully saturated rings. The molecule has 1 saturated heterocycles. The third-order valence-corrected chi connectivity index (χ3v) is 3.49. The number of carbonyl (C=O) groups excluding carboxylic acids is 3. The zero-order chi connectivity index (χ0) is 15.4. The summed E-state index contributed by atoms with van der Waals surface area (Å²) in [7, 11) is 1.24. The smallest absolute Gasteiger partial charge is 0.325 e. The highest BCUT2D eigenvalue weighted by atomic mass is 35.5. The third kappa shape index (κ3) is 3.72. The van der Waals surface area contributed by atoms with Crippen LogP contribution in [0.3, 0.4) is 0 Å². The number of nitrogens with zero attached hydrogens (tertiary/aromatic N) is 1. The van der Waals surface area contributed by atoms with Crippen LogP contribution in [0.25, 0.3) is 0 Å². The van der Waals surface area contributed by atoms with Crippen molar-refractivity contribution in [3.63, 3.8) is 0 Å². The molecule has 2 amide bonds. The Balaban J connectivity index is 1.99. The second-order valence-electron chi connectivity index (χ2n) is 4.68. The van der Waals surface area contributed by atoms with Gasteiger partial charge in [0.05, 0.1) is 13.0 Å². The van der Waals surface area contributed by atoms with Gasteiger partial charge in [0, 0.05) is 23.7 Å². The van der Waals surface area contributed by atoms with Crippen LogP contribution in [0.4, 0.5) is 5.69 Å². The quantitative estimate of drug-likeness (QED) is 0.841. The van der Waals surface area contributed by atoms with Gasteiger partial charge in [0.15, 0.2) is 0 Å². The SMILES string of the molecule is COC(=O)CNC(=O)C1CC(=O)N(c2cccc(Cl)c2)C1. The van der Waals surface area contributed by atoms with Crippen molar-refractivity contribution in [3.8, 4) is 0 Å². The molecule has 1 N–H and O–H groups in total. The lowest BCUT2D eigenvalue weighted by Crippen LogP contribution is -2.36. The van der Waals surface area contributed by atoms with Gasteiger partial charge in [-0.15, -0.1) is 0 Å². The number of esters is 1. The van der Waals surface area contributed by atoms with Crippen LogP contribution in [0.15, 0.2) is 24.3 Å². The summed E-state index contributed by atoms with van der Waals surface area (Å²) in [6.07, 6.45) is 0.111. The largest absolute Gasteiger partial charge is 0.468 e. The van der Waals surface area contributed by atoms with Gasteiger partial charge in [-0.25, -0.2) is 0 Å². The van der Waals surface area contributed by atoms with Crippen LogP contribution in [0.1, 0.15) is 6.42 Å². The van der Waals surface area contributed by atoms with E-state index in [1.807, 2.05) is 0 Å². The Bertz CT molecular complexity index is 576. The number of rotatable bonds is 4. The van der Waals surface area contributed by atoms with Crippen molar-refractivity contribution in [2.24, 2.45) is 5.92 Å². The molecule has 1 unspecified atom stereocenters. The number of hydrogen-bond donors (Lipinski definition) is 1. The van der Waals surface area contributed by atoms with Gasteiger partial charge in [-0.3, -0.25) is 14.4 Å². The van der Waals surface area contributed by atoms with Crippen LogP contribution >= 0.6 is 11.6 Å². The van der Waals surface area contributed by atoms with Crippen LogP contribution in [-0.2, 0) is 19.1 Å². The van der Waals surface area contributed by atoms with Crippen molar-refractivity contribution >= 4 is 35.1 Å². The molecule has 1 aromatic carbocycles. The van der Waals surface area contributed by atoms with Crippen LogP contribution in [-0.4, -0.2) is 38.0 Å². The van der Waals surface area contributed by atoms with Gasteiger partial charge in [-0.1, -0.05) is 17.7 Å². The number of benzene rings is 1. The van der Waals surface area contributed by atoms with Crippen molar-refractivity contribution < 1.29 is 19.1 Å². The van der Waals surface area contributed by atoms with E-state index in [2.05, 4.69) is 10.1 Å². The van der Waals surface area contributed by atoms with Crippen molar-refractivity contribution in [2.45, 2.75) is 6.42 Å². The summed E-state index contributed by atoms with van der Waals surface area (Å²) < 4.78 is 4.44. The number of carbonyl (C=O) groups is 3. The van der Waals surface area contributed by atoms with E-state index in [4.69, 9.17) is 11.6 Å². The topological polar surface area (TPSA) is 75.7 Å². The Labute approximate surface area is 127 Å². The molecule has 0 aliphatic carbocycles. The van der Waals surface area contributed by atoms with E-state index in [1.165, 1.54) is 12.0 Å². The molecule has 1 heterocycles. The molecule has 1 aliphatic rings. The molecule has 0 bridgehead atoms. The first-order valence-corrected chi connectivity index (χ1v) is 6.79. The maximum atomic E-state index is 12.0. The standard InChI is InChI=1S/C14H15ClN2O4/c1-21-13(19)7-16-14(20)9-5-12(18)17(8-9)11-4-2-3-10(15)6-11/h2-4,6,9H,5,7-8H2,1H3,(H,16,20). The first-order chi connectivity index (χ1) is 10.0. The first-order valence-electron chi connectivity index (χ1n) is 6.41. The predicted molar refractivity (Wildman–Crippen MR) is 76.9 cm³/mol. The van der Waals surface area contributed by atoms with E-state index in [0.717, 1.165) is 0 Å². The Morgan fingerprint density at radius 3 is 2.90 bits per heavy atom. The summed E-state index contributed by atoms with van der Waals surface area (Å²) in [5, 5.41) is 2.99. The Kier molecular flexibility index (Phi) is 4.80. The molecule has 0 radical (unpaired) electrons. The van der Waals surface area contributed by atoms with Gasteiger partial charge in [-0.05, 0) is 18.2 Å². The van der Waals surface area contributed by atoms with Crippen LogP contribution in [0.5, 0.6) is 0 Å². The van der Waals surface area contributed by atoms with Crippen LogP contribution in [0, 0.1) is 5.92 Å². The number of ether oxygens (including phenoxy) is 1. The normalized spacial score (nSPS) is 17.7. The first kappa shape index (κ1) is 15.3. The fourth-order valence-corrected chi connectivity index (χ4v) is 2.34. The average molecular weight is 311 g/mol. The maximum Gasteiger partial charge on any atom is 0.325 e. The molecule has 112 valence electrons. The summed E-state index contributed by atoms with van der Waals surface area (Å²) in [5.74, 6) is -1.49. The van der Waals surface area contributed by atoms with Gasteiger partial charge in [0.2, 0.25) is 11.8 Å². The minimum absolute atomic E-state index is 0.111. The highest BCUT2D eigenvalue weighted by molar-refractivity contribution is 6.31. The van der Waals surface area contributed by atoms with E-state index in [0.29, 0.717) is 10.7 Å². The Morgan fingerprint density at radius 1 is 1.48 bits per heavy atom.